The van der Waals surface area contributed by atoms with E-state index in [0.29, 0.717) is 25.0 Å². The van der Waals surface area contributed by atoms with E-state index in [0.717, 1.165) is 26.1 Å². The summed E-state index contributed by atoms with van der Waals surface area (Å²) in [5.41, 5.74) is 0. The van der Waals surface area contributed by atoms with Crippen molar-refractivity contribution in [3.05, 3.63) is 0 Å². The normalized spacial score (nSPS) is 33.6. The Morgan fingerprint density at radius 1 is 0.947 bits per heavy atom. The second-order valence-electron chi connectivity index (χ2n) is 5.65. The third-order valence-electron chi connectivity index (χ3n) is 4.21. The van der Waals surface area contributed by atoms with E-state index in [4.69, 9.17) is 14.2 Å². The highest BCUT2D eigenvalue weighted by molar-refractivity contribution is 5.66. The van der Waals surface area contributed by atoms with Crippen molar-refractivity contribution < 1.29 is 23.8 Å². The van der Waals surface area contributed by atoms with Gasteiger partial charge in [0, 0.05) is 27.1 Å². The molecule has 0 aromatic carbocycles. The Bertz CT molecular complexity index is 309. The Hall–Kier alpha value is -1.10. The number of carbonyl (C=O) groups is 2. The second kappa shape index (κ2) is 6.37. The molecule has 2 aliphatic rings. The van der Waals surface area contributed by atoms with Gasteiger partial charge >= 0.3 is 11.9 Å². The molecule has 0 bridgehead atoms. The van der Waals surface area contributed by atoms with Crippen molar-refractivity contribution in [3.8, 4) is 0 Å². The van der Waals surface area contributed by atoms with E-state index in [1.165, 1.54) is 13.8 Å². The Kier molecular flexibility index (Phi) is 4.80. The van der Waals surface area contributed by atoms with Crippen LogP contribution in [-0.4, -0.2) is 38.4 Å². The summed E-state index contributed by atoms with van der Waals surface area (Å²) in [6.45, 7) is 5.30. The Morgan fingerprint density at radius 2 is 1.37 bits per heavy atom. The molecule has 1 heterocycles. The van der Waals surface area contributed by atoms with Gasteiger partial charge in [-0.15, -0.1) is 0 Å². The van der Waals surface area contributed by atoms with E-state index in [1.807, 2.05) is 0 Å². The summed E-state index contributed by atoms with van der Waals surface area (Å²) in [5.74, 6) is 1.16. The fraction of sp³-hybridized carbons (Fsp3) is 0.857. The van der Waals surface area contributed by atoms with Crippen LogP contribution < -0.4 is 0 Å². The smallest absolute Gasteiger partial charge is 0.302 e. The van der Waals surface area contributed by atoms with E-state index in [1.54, 1.807) is 0 Å². The third-order valence-corrected chi connectivity index (χ3v) is 4.21. The van der Waals surface area contributed by atoms with Gasteiger partial charge < -0.3 is 14.2 Å². The highest BCUT2D eigenvalue weighted by atomic mass is 16.5. The lowest BCUT2D eigenvalue weighted by atomic mass is 9.70. The van der Waals surface area contributed by atoms with Crippen molar-refractivity contribution in [2.24, 2.45) is 23.7 Å². The molecule has 0 radical (unpaired) electrons. The molecule has 0 aromatic heterocycles. The van der Waals surface area contributed by atoms with Crippen LogP contribution in [0.15, 0.2) is 0 Å². The van der Waals surface area contributed by atoms with Crippen LogP contribution in [0.1, 0.15) is 26.7 Å². The van der Waals surface area contributed by atoms with Gasteiger partial charge in [0.15, 0.2) is 0 Å². The van der Waals surface area contributed by atoms with Crippen molar-refractivity contribution in [2.75, 3.05) is 26.4 Å². The number of carbonyl (C=O) groups excluding carboxylic acids is 2. The molecular formula is C14H22O5. The molecule has 108 valence electrons. The molecule has 2 rings (SSSR count). The van der Waals surface area contributed by atoms with E-state index in [9.17, 15) is 9.59 Å². The molecule has 0 N–H and O–H groups in total. The highest BCUT2D eigenvalue weighted by Crippen LogP contribution is 2.41. The molecule has 0 aromatic rings. The van der Waals surface area contributed by atoms with Crippen LogP contribution in [0.25, 0.3) is 0 Å². The summed E-state index contributed by atoms with van der Waals surface area (Å²) in [7, 11) is 0. The maximum absolute atomic E-state index is 11.0. The lowest BCUT2D eigenvalue weighted by Gasteiger charge is -2.36. The minimum Gasteiger partial charge on any atom is -0.466 e. The van der Waals surface area contributed by atoms with Gasteiger partial charge in [-0.2, -0.15) is 0 Å². The first-order valence-corrected chi connectivity index (χ1v) is 6.90. The highest BCUT2D eigenvalue weighted by Gasteiger charge is 2.40. The largest absolute Gasteiger partial charge is 0.466 e. The molecule has 1 aliphatic heterocycles. The average molecular weight is 270 g/mol. The SMILES string of the molecule is CC(=O)OCC1CC2COCC2CC1COC(C)=O. The standard InChI is InChI=1S/C14H22O5/c1-9(15)18-7-13-3-11-5-17-6-12(11)4-14(13)8-19-10(2)16/h11-14H,3-8H2,1-2H3. The zero-order chi connectivity index (χ0) is 13.8. The summed E-state index contributed by atoms with van der Waals surface area (Å²) in [5, 5.41) is 0. The van der Waals surface area contributed by atoms with E-state index < -0.39 is 0 Å². The molecule has 0 spiro atoms. The molecule has 0 amide bonds. The summed E-state index contributed by atoms with van der Waals surface area (Å²) in [6.07, 6.45) is 1.98. The van der Waals surface area contributed by atoms with Crippen LogP contribution in [0.2, 0.25) is 0 Å². The molecule has 19 heavy (non-hydrogen) atoms. The van der Waals surface area contributed by atoms with Gasteiger partial charge in [0.25, 0.3) is 0 Å². The van der Waals surface area contributed by atoms with Gasteiger partial charge in [0.2, 0.25) is 0 Å². The summed E-state index contributed by atoms with van der Waals surface area (Å²) >= 11 is 0. The van der Waals surface area contributed by atoms with Crippen LogP contribution in [0.5, 0.6) is 0 Å². The average Bonchev–Trinajstić information content (AvgIpc) is 2.79. The quantitative estimate of drug-likeness (QED) is 0.723. The molecule has 5 nitrogen and oxygen atoms in total. The molecular weight excluding hydrogens is 248 g/mol. The van der Waals surface area contributed by atoms with Crippen molar-refractivity contribution in [3.63, 3.8) is 0 Å². The Balaban J connectivity index is 1.93. The topological polar surface area (TPSA) is 61.8 Å². The lowest BCUT2D eigenvalue weighted by molar-refractivity contribution is -0.148. The fourth-order valence-corrected chi connectivity index (χ4v) is 3.18. The monoisotopic (exact) mass is 270 g/mol. The fourth-order valence-electron chi connectivity index (χ4n) is 3.18. The van der Waals surface area contributed by atoms with Gasteiger partial charge in [-0.25, -0.2) is 0 Å². The summed E-state index contributed by atoms with van der Waals surface area (Å²) < 4.78 is 15.8. The third kappa shape index (κ3) is 3.93. The van der Waals surface area contributed by atoms with E-state index in [2.05, 4.69) is 0 Å². The van der Waals surface area contributed by atoms with Crippen LogP contribution in [-0.2, 0) is 23.8 Å². The van der Waals surface area contributed by atoms with Gasteiger partial charge in [-0.3, -0.25) is 9.59 Å². The Morgan fingerprint density at radius 3 is 1.74 bits per heavy atom. The summed E-state index contributed by atoms with van der Waals surface area (Å²) in [4.78, 5) is 21.9. The van der Waals surface area contributed by atoms with Gasteiger partial charge in [0.05, 0.1) is 13.2 Å². The zero-order valence-corrected chi connectivity index (χ0v) is 11.6. The van der Waals surface area contributed by atoms with E-state index in [-0.39, 0.29) is 23.8 Å². The van der Waals surface area contributed by atoms with Crippen molar-refractivity contribution in [2.45, 2.75) is 26.7 Å². The number of hydrogen-bond donors (Lipinski definition) is 0. The molecule has 4 atom stereocenters. The number of hydrogen-bond acceptors (Lipinski definition) is 5. The van der Waals surface area contributed by atoms with Gasteiger partial charge in [-0.1, -0.05) is 0 Å². The van der Waals surface area contributed by atoms with E-state index >= 15 is 0 Å². The first-order chi connectivity index (χ1) is 9.06. The minimum atomic E-state index is -0.254. The number of esters is 2. The van der Waals surface area contributed by atoms with Gasteiger partial charge in [-0.05, 0) is 36.5 Å². The van der Waals surface area contributed by atoms with Crippen molar-refractivity contribution >= 4 is 11.9 Å². The first kappa shape index (κ1) is 14.3. The Labute approximate surface area is 113 Å². The number of rotatable bonds is 4. The van der Waals surface area contributed by atoms with Crippen molar-refractivity contribution in [1.82, 2.24) is 0 Å². The zero-order valence-electron chi connectivity index (χ0n) is 11.6. The molecule has 4 unspecified atom stereocenters. The minimum absolute atomic E-state index is 0.254. The van der Waals surface area contributed by atoms with Crippen LogP contribution in [0.4, 0.5) is 0 Å². The molecule has 1 saturated heterocycles. The number of fused-ring (bicyclic) bond motifs is 1. The van der Waals surface area contributed by atoms with Crippen LogP contribution in [0, 0.1) is 23.7 Å². The predicted octanol–water partition coefficient (Wildman–Crippen LogP) is 1.40. The molecule has 5 heteroatoms. The first-order valence-electron chi connectivity index (χ1n) is 6.90. The summed E-state index contributed by atoms with van der Waals surface area (Å²) in [6, 6.07) is 0. The molecule has 1 saturated carbocycles. The molecule has 1 aliphatic carbocycles. The van der Waals surface area contributed by atoms with Crippen LogP contribution in [0.3, 0.4) is 0 Å². The predicted molar refractivity (Wildman–Crippen MR) is 67.3 cm³/mol. The lowest BCUT2D eigenvalue weighted by Crippen LogP contribution is -2.36. The maximum Gasteiger partial charge on any atom is 0.302 e. The van der Waals surface area contributed by atoms with Gasteiger partial charge in [0.1, 0.15) is 0 Å². The maximum atomic E-state index is 11.0. The molecule has 2 fully saturated rings. The van der Waals surface area contributed by atoms with Crippen molar-refractivity contribution in [1.29, 1.82) is 0 Å². The second-order valence-corrected chi connectivity index (χ2v) is 5.65. The number of ether oxygens (including phenoxy) is 3. The van der Waals surface area contributed by atoms with Crippen LogP contribution >= 0.6 is 0 Å².